The second kappa shape index (κ2) is 9.49. The van der Waals surface area contributed by atoms with Crippen LogP contribution in [0.25, 0.3) is 6.08 Å². The van der Waals surface area contributed by atoms with E-state index in [1.807, 2.05) is 0 Å². The summed E-state index contributed by atoms with van der Waals surface area (Å²) in [6.45, 7) is -0.132. The van der Waals surface area contributed by atoms with Crippen LogP contribution >= 0.6 is 11.6 Å². The molecule has 2 rings (SSSR count). The Labute approximate surface area is 161 Å². The van der Waals surface area contributed by atoms with Gasteiger partial charge in [-0.2, -0.15) is 0 Å². The summed E-state index contributed by atoms with van der Waals surface area (Å²) >= 11 is 6.13. The van der Waals surface area contributed by atoms with Crippen LogP contribution in [0, 0.1) is 10.1 Å². The minimum absolute atomic E-state index is 0.0768. The minimum Gasteiger partial charge on any atom is -0.468 e. The van der Waals surface area contributed by atoms with Crippen molar-refractivity contribution in [2.45, 2.75) is 6.54 Å². The van der Waals surface area contributed by atoms with E-state index in [9.17, 15) is 19.7 Å². The molecule has 0 aliphatic rings. The molecule has 1 amide bonds. The minimum atomic E-state index is -0.570. The highest BCUT2D eigenvalue weighted by atomic mass is 35.5. The number of rotatable bonds is 7. The molecule has 0 saturated heterocycles. The van der Waals surface area contributed by atoms with Gasteiger partial charge in [0.15, 0.2) is 0 Å². The van der Waals surface area contributed by atoms with Gasteiger partial charge >= 0.3 is 5.97 Å². The van der Waals surface area contributed by atoms with Crippen LogP contribution in [-0.2, 0) is 20.9 Å². The molecule has 2 aromatic rings. The van der Waals surface area contributed by atoms with Crippen molar-refractivity contribution in [1.82, 2.24) is 4.90 Å². The topological polar surface area (TPSA) is 89.8 Å². The second-order valence-corrected chi connectivity index (χ2v) is 5.95. The van der Waals surface area contributed by atoms with Gasteiger partial charge < -0.3 is 9.64 Å². The number of ether oxygens (including phenoxy) is 1. The monoisotopic (exact) mass is 388 g/mol. The van der Waals surface area contributed by atoms with Crippen molar-refractivity contribution in [3.05, 3.63) is 80.9 Å². The number of non-ortho nitro benzene ring substituents is 1. The van der Waals surface area contributed by atoms with Gasteiger partial charge in [-0.15, -0.1) is 0 Å². The van der Waals surface area contributed by atoms with E-state index in [0.29, 0.717) is 16.1 Å². The van der Waals surface area contributed by atoms with E-state index in [1.54, 1.807) is 30.3 Å². The predicted molar refractivity (Wildman–Crippen MR) is 101 cm³/mol. The number of nitro groups is 1. The van der Waals surface area contributed by atoms with Crippen LogP contribution in [0.15, 0.2) is 54.6 Å². The van der Waals surface area contributed by atoms with Crippen molar-refractivity contribution < 1.29 is 19.2 Å². The first kappa shape index (κ1) is 20.1. The number of halogens is 1. The average Bonchev–Trinajstić information content (AvgIpc) is 2.67. The van der Waals surface area contributed by atoms with Crippen LogP contribution in [0.3, 0.4) is 0 Å². The number of nitrogens with zero attached hydrogens (tertiary/aromatic N) is 2. The Morgan fingerprint density at radius 1 is 1.22 bits per heavy atom. The summed E-state index contributed by atoms with van der Waals surface area (Å²) in [6, 6.07) is 12.9. The smallest absolute Gasteiger partial charge is 0.325 e. The molecule has 27 heavy (non-hydrogen) atoms. The summed E-state index contributed by atoms with van der Waals surface area (Å²) in [5.74, 6) is -1.02. The lowest BCUT2D eigenvalue weighted by atomic mass is 10.1. The number of benzene rings is 2. The molecule has 7 nitrogen and oxygen atoms in total. The molecular weight excluding hydrogens is 372 g/mol. The normalized spacial score (nSPS) is 10.6. The van der Waals surface area contributed by atoms with Gasteiger partial charge in [-0.3, -0.25) is 19.7 Å². The van der Waals surface area contributed by atoms with Gasteiger partial charge in [0, 0.05) is 29.8 Å². The first-order chi connectivity index (χ1) is 12.9. The van der Waals surface area contributed by atoms with E-state index in [-0.39, 0.29) is 18.8 Å². The van der Waals surface area contributed by atoms with E-state index in [0.717, 1.165) is 0 Å². The molecule has 0 heterocycles. The Balaban J connectivity index is 2.20. The molecule has 0 unspecified atom stereocenters. The van der Waals surface area contributed by atoms with Crippen molar-refractivity contribution >= 4 is 35.2 Å². The molecule has 0 aliphatic carbocycles. The number of esters is 1. The predicted octanol–water partition coefficient (Wildman–Crippen LogP) is 3.46. The van der Waals surface area contributed by atoms with E-state index >= 15 is 0 Å². The Kier molecular flexibility index (Phi) is 7.08. The van der Waals surface area contributed by atoms with Crippen molar-refractivity contribution in [1.29, 1.82) is 0 Å². The number of carbonyl (C=O) groups is 2. The van der Waals surface area contributed by atoms with Gasteiger partial charge in [0.2, 0.25) is 5.91 Å². The summed E-state index contributed by atoms with van der Waals surface area (Å²) in [4.78, 5) is 35.8. The van der Waals surface area contributed by atoms with Crippen LogP contribution in [0.5, 0.6) is 0 Å². The lowest BCUT2D eigenvalue weighted by molar-refractivity contribution is -0.384. The largest absolute Gasteiger partial charge is 0.468 e. The Morgan fingerprint density at radius 2 is 1.96 bits per heavy atom. The highest BCUT2D eigenvalue weighted by molar-refractivity contribution is 6.31. The van der Waals surface area contributed by atoms with Gasteiger partial charge in [0.1, 0.15) is 6.54 Å². The highest BCUT2D eigenvalue weighted by Crippen LogP contribution is 2.18. The fourth-order valence-corrected chi connectivity index (χ4v) is 2.47. The maximum Gasteiger partial charge on any atom is 0.325 e. The van der Waals surface area contributed by atoms with Gasteiger partial charge in [-0.1, -0.05) is 41.9 Å². The van der Waals surface area contributed by atoms with Crippen LogP contribution in [-0.4, -0.2) is 35.4 Å². The van der Waals surface area contributed by atoms with E-state index < -0.39 is 16.8 Å². The van der Waals surface area contributed by atoms with Crippen LogP contribution in [0.1, 0.15) is 11.1 Å². The van der Waals surface area contributed by atoms with Crippen molar-refractivity contribution in [2.24, 2.45) is 0 Å². The number of nitro benzene ring substituents is 1. The molecule has 0 atom stereocenters. The van der Waals surface area contributed by atoms with E-state index in [2.05, 4.69) is 4.74 Å². The summed E-state index contributed by atoms with van der Waals surface area (Å²) in [7, 11) is 1.24. The van der Waals surface area contributed by atoms with Crippen molar-refractivity contribution in [3.63, 3.8) is 0 Å². The van der Waals surface area contributed by atoms with Crippen LogP contribution in [0.4, 0.5) is 5.69 Å². The molecule has 8 heteroatoms. The maximum atomic E-state index is 12.6. The molecule has 140 valence electrons. The lowest BCUT2D eigenvalue weighted by Crippen LogP contribution is -2.34. The number of amides is 1. The Hall–Kier alpha value is -3.19. The maximum absolute atomic E-state index is 12.6. The lowest BCUT2D eigenvalue weighted by Gasteiger charge is -2.20. The Morgan fingerprint density at radius 3 is 2.63 bits per heavy atom. The SMILES string of the molecule is COC(=O)CN(Cc1ccccc1Cl)C(=O)/C=C/c1cccc([N+](=O)[O-])c1. The zero-order valence-electron chi connectivity index (χ0n) is 14.5. The number of methoxy groups -OCH3 is 1. The summed E-state index contributed by atoms with van der Waals surface area (Å²) in [5, 5.41) is 11.3. The van der Waals surface area contributed by atoms with Crippen molar-refractivity contribution in [2.75, 3.05) is 13.7 Å². The molecule has 0 aromatic heterocycles. The number of hydrogen-bond donors (Lipinski definition) is 0. The van der Waals surface area contributed by atoms with Gasteiger partial charge in [-0.05, 0) is 23.3 Å². The third-order valence-corrected chi connectivity index (χ3v) is 4.05. The number of hydrogen-bond acceptors (Lipinski definition) is 5. The third kappa shape index (κ3) is 5.93. The zero-order chi connectivity index (χ0) is 19.8. The highest BCUT2D eigenvalue weighted by Gasteiger charge is 2.17. The molecule has 0 N–H and O–H groups in total. The number of carbonyl (C=O) groups excluding carboxylic acids is 2. The van der Waals surface area contributed by atoms with Crippen molar-refractivity contribution in [3.8, 4) is 0 Å². The first-order valence-electron chi connectivity index (χ1n) is 7.92. The third-order valence-electron chi connectivity index (χ3n) is 3.68. The quantitative estimate of drug-likeness (QED) is 0.313. The summed E-state index contributed by atoms with van der Waals surface area (Å²) in [6.07, 6.45) is 2.70. The zero-order valence-corrected chi connectivity index (χ0v) is 15.3. The molecule has 0 fully saturated rings. The van der Waals surface area contributed by atoms with Gasteiger partial charge in [0.25, 0.3) is 5.69 Å². The van der Waals surface area contributed by atoms with Crippen LogP contribution < -0.4 is 0 Å². The second-order valence-electron chi connectivity index (χ2n) is 5.55. The fourth-order valence-electron chi connectivity index (χ4n) is 2.28. The summed E-state index contributed by atoms with van der Waals surface area (Å²) < 4.78 is 4.64. The van der Waals surface area contributed by atoms with Crippen LogP contribution in [0.2, 0.25) is 5.02 Å². The first-order valence-corrected chi connectivity index (χ1v) is 8.30. The fraction of sp³-hybridized carbons (Fsp3) is 0.158. The molecular formula is C19H17ClN2O5. The van der Waals surface area contributed by atoms with E-state index in [4.69, 9.17) is 11.6 Å². The molecule has 0 spiro atoms. The molecule has 0 bridgehead atoms. The van der Waals surface area contributed by atoms with Gasteiger partial charge in [0.05, 0.1) is 12.0 Å². The Bertz CT molecular complexity index is 882. The molecule has 0 saturated carbocycles. The standard InChI is InChI=1S/C19H17ClN2O5/c1-27-19(24)13-21(12-15-6-2-3-8-17(15)20)18(23)10-9-14-5-4-7-16(11-14)22(25)26/h2-11H,12-13H2,1H3/b10-9+. The molecule has 2 aromatic carbocycles. The van der Waals surface area contributed by atoms with Gasteiger partial charge in [-0.25, -0.2) is 0 Å². The molecule has 0 aliphatic heterocycles. The summed E-state index contributed by atoms with van der Waals surface area (Å²) in [5.41, 5.74) is 1.10. The van der Waals surface area contributed by atoms with E-state index in [1.165, 1.54) is 42.4 Å². The average molecular weight is 389 g/mol. The molecule has 0 radical (unpaired) electrons.